The normalized spacial score (nSPS) is 33.4. The molecule has 22 heavy (non-hydrogen) atoms. The number of fused-ring (bicyclic) bond motifs is 3. The van der Waals surface area contributed by atoms with Crippen LogP contribution in [0.4, 0.5) is 0 Å². The van der Waals surface area contributed by atoms with Crippen LogP contribution >= 0.6 is 0 Å². The number of hydrogen-bond donors (Lipinski definition) is 2. The van der Waals surface area contributed by atoms with E-state index in [1.165, 1.54) is 24.0 Å². The number of aromatic hydroxyl groups is 1. The number of benzene rings is 1. The summed E-state index contributed by atoms with van der Waals surface area (Å²) >= 11 is 0. The molecule has 1 saturated carbocycles. The zero-order valence-corrected chi connectivity index (χ0v) is 14.6. The average Bonchev–Trinajstić information content (AvgIpc) is 2.37. The molecule has 0 saturated heterocycles. The minimum absolute atomic E-state index is 0.0261. The standard InChI is InChI=1S/C20H30O2/c1-12(2)14-9-13-10-17(22)18-19(3,4)7-6-8-20(18,5)15(13)11-16(14)21/h9,11-12,17-18,21-22H,6-8,10H2,1-5H3/t17-,18+,20-/m1/s1. The van der Waals surface area contributed by atoms with Gasteiger partial charge >= 0.3 is 0 Å². The lowest BCUT2D eigenvalue weighted by atomic mass is 9.49. The topological polar surface area (TPSA) is 40.5 Å². The third-order valence-electron chi connectivity index (χ3n) is 6.35. The summed E-state index contributed by atoms with van der Waals surface area (Å²) in [6.45, 7) is 11.1. The molecule has 2 heteroatoms. The van der Waals surface area contributed by atoms with Crippen molar-refractivity contribution in [3.8, 4) is 5.75 Å². The maximum Gasteiger partial charge on any atom is 0.119 e. The summed E-state index contributed by atoms with van der Waals surface area (Å²) in [6.07, 6.45) is 3.91. The van der Waals surface area contributed by atoms with Gasteiger partial charge in [-0.25, -0.2) is 0 Å². The Morgan fingerprint density at radius 3 is 2.45 bits per heavy atom. The molecule has 0 spiro atoms. The van der Waals surface area contributed by atoms with Crippen LogP contribution in [0, 0.1) is 11.3 Å². The molecule has 0 amide bonds. The van der Waals surface area contributed by atoms with Crippen LogP contribution < -0.4 is 0 Å². The highest BCUT2D eigenvalue weighted by Gasteiger charge is 2.53. The predicted octanol–water partition coefficient (Wildman–Crippen LogP) is 4.52. The molecule has 1 fully saturated rings. The van der Waals surface area contributed by atoms with Gasteiger partial charge in [-0.05, 0) is 64.7 Å². The molecule has 2 aliphatic carbocycles. The summed E-state index contributed by atoms with van der Waals surface area (Å²) in [4.78, 5) is 0. The van der Waals surface area contributed by atoms with Crippen molar-refractivity contribution in [1.82, 2.24) is 0 Å². The summed E-state index contributed by atoms with van der Waals surface area (Å²) in [5, 5.41) is 21.4. The number of phenolic OH excluding ortho intramolecular Hbond substituents is 1. The van der Waals surface area contributed by atoms with Gasteiger partial charge in [-0.3, -0.25) is 0 Å². The molecular weight excluding hydrogens is 272 g/mol. The fourth-order valence-corrected chi connectivity index (χ4v) is 5.49. The lowest BCUT2D eigenvalue weighted by molar-refractivity contribution is -0.0535. The van der Waals surface area contributed by atoms with Crippen LogP contribution in [0.2, 0.25) is 0 Å². The van der Waals surface area contributed by atoms with Crippen molar-refractivity contribution >= 4 is 0 Å². The number of aliphatic hydroxyl groups is 1. The molecule has 1 aromatic rings. The average molecular weight is 302 g/mol. The fourth-order valence-electron chi connectivity index (χ4n) is 5.49. The van der Waals surface area contributed by atoms with E-state index in [0.717, 1.165) is 18.4 Å². The molecule has 0 unspecified atom stereocenters. The van der Waals surface area contributed by atoms with Crippen molar-refractivity contribution in [3.05, 3.63) is 28.8 Å². The fraction of sp³-hybridized carbons (Fsp3) is 0.700. The molecule has 0 aliphatic heterocycles. The molecule has 3 rings (SSSR count). The molecule has 122 valence electrons. The molecule has 2 aliphatic rings. The first-order valence-electron chi connectivity index (χ1n) is 8.71. The van der Waals surface area contributed by atoms with Gasteiger partial charge in [-0.2, -0.15) is 0 Å². The van der Waals surface area contributed by atoms with Gasteiger partial charge in [-0.1, -0.05) is 47.1 Å². The Labute approximate surface area is 134 Å². The van der Waals surface area contributed by atoms with Crippen molar-refractivity contribution in [2.24, 2.45) is 11.3 Å². The van der Waals surface area contributed by atoms with Gasteiger partial charge in [0.2, 0.25) is 0 Å². The molecule has 3 atom stereocenters. The second-order valence-electron chi connectivity index (χ2n) is 8.73. The molecule has 2 nitrogen and oxygen atoms in total. The van der Waals surface area contributed by atoms with E-state index in [9.17, 15) is 10.2 Å². The lowest BCUT2D eigenvalue weighted by Gasteiger charge is -2.56. The van der Waals surface area contributed by atoms with Gasteiger partial charge in [0, 0.05) is 0 Å². The summed E-state index contributed by atoms with van der Waals surface area (Å²) < 4.78 is 0. The van der Waals surface area contributed by atoms with E-state index in [1.807, 2.05) is 6.07 Å². The Balaban J connectivity index is 2.17. The van der Waals surface area contributed by atoms with E-state index in [0.29, 0.717) is 11.7 Å². The third-order valence-corrected chi connectivity index (χ3v) is 6.35. The summed E-state index contributed by atoms with van der Waals surface area (Å²) in [6, 6.07) is 4.15. The smallest absolute Gasteiger partial charge is 0.119 e. The Morgan fingerprint density at radius 1 is 1.14 bits per heavy atom. The molecule has 2 N–H and O–H groups in total. The Morgan fingerprint density at radius 2 is 1.82 bits per heavy atom. The van der Waals surface area contributed by atoms with Crippen LogP contribution in [0.25, 0.3) is 0 Å². The number of phenols is 1. The summed E-state index contributed by atoms with van der Waals surface area (Å²) in [5.41, 5.74) is 3.64. The van der Waals surface area contributed by atoms with E-state index < -0.39 is 0 Å². The minimum Gasteiger partial charge on any atom is -0.508 e. The molecule has 0 radical (unpaired) electrons. The van der Waals surface area contributed by atoms with Crippen molar-refractivity contribution in [3.63, 3.8) is 0 Å². The van der Waals surface area contributed by atoms with Crippen molar-refractivity contribution in [2.75, 3.05) is 0 Å². The second-order valence-corrected chi connectivity index (χ2v) is 8.73. The highest BCUT2D eigenvalue weighted by atomic mass is 16.3. The maximum absolute atomic E-state index is 10.9. The van der Waals surface area contributed by atoms with Crippen LogP contribution in [0.3, 0.4) is 0 Å². The quantitative estimate of drug-likeness (QED) is 0.801. The Kier molecular flexibility index (Phi) is 3.60. The molecule has 0 bridgehead atoms. The molecule has 0 aromatic heterocycles. The van der Waals surface area contributed by atoms with Crippen LogP contribution in [-0.4, -0.2) is 16.3 Å². The van der Waals surface area contributed by atoms with E-state index in [1.54, 1.807) is 0 Å². The van der Waals surface area contributed by atoms with Gasteiger partial charge < -0.3 is 10.2 Å². The van der Waals surface area contributed by atoms with Gasteiger partial charge in [0.25, 0.3) is 0 Å². The SMILES string of the molecule is CC(C)c1cc2c(cc1O)[C@@]1(C)CCCC(C)(C)[C@@H]1[C@H](O)C2. The van der Waals surface area contributed by atoms with E-state index in [4.69, 9.17) is 0 Å². The Hall–Kier alpha value is -1.02. The van der Waals surface area contributed by atoms with Crippen molar-refractivity contribution < 1.29 is 10.2 Å². The lowest BCUT2D eigenvalue weighted by Crippen LogP contribution is -2.54. The van der Waals surface area contributed by atoms with Crippen molar-refractivity contribution in [1.29, 1.82) is 0 Å². The van der Waals surface area contributed by atoms with E-state index >= 15 is 0 Å². The Bertz CT molecular complexity index is 588. The minimum atomic E-state index is -0.280. The van der Waals surface area contributed by atoms with Crippen LogP contribution in [0.1, 0.15) is 76.5 Å². The summed E-state index contributed by atoms with van der Waals surface area (Å²) in [5.74, 6) is 0.995. The first-order valence-corrected chi connectivity index (χ1v) is 8.71. The van der Waals surface area contributed by atoms with Gasteiger partial charge in [0.05, 0.1) is 6.10 Å². The van der Waals surface area contributed by atoms with E-state index in [-0.39, 0.29) is 22.9 Å². The number of aliphatic hydroxyl groups excluding tert-OH is 1. The highest BCUT2D eigenvalue weighted by molar-refractivity contribution is 5.49. The summed E-state index contributed by atoms with van der Waals surface area (Å²) in [7, 11) is 0. The van der Waals surface area contributed by atoms with Crippen LogP contribution in [0.15, 0.2) is 12.1 Å². The maximum atomic E-state index is 10.9. The number of hydrogen-bond acceptors (Lipinski definition) is 2. The van der Waals surface area contributed by atoms with Crippen LogP contribution in [0.5, 0.6) is 5.75 Å². The zero-order valence-electron chi connectivity index (χ0n) is 14.6. The molecular formula is C20H30O2. The first kappa shape index (κ1) is 15.9. The second kappa shape index (κ2) is 4.99. The van der Waals surface area contributed by atoms with Crippen molar-refractivity contribution in [2.45, 2.75) is 77.7 Å². The van der Waals surface area contributed by atoms with Gasteiger partial charge in [0.15, 0.2) is 0 Å². The zero-order chi connectivity index (χ0) is 16.3. The predicted molar refractivity (Wildman–Crippen MR) is 90.4 cm³/mol. The monoisotopic (exact) mass is 302 g/mol. The molecule has 1 aromatic carbocycles. The largest absolute Gasteiger partial charge is 0.508 e. The third kappa shape index (κ3) is 2.19. The molecule has 0 heterocycles. The number of rotatable bonds is 1. The highest BCUT2D eigenvalue weighted by Crippen LogP contribution is 2.57. The van der Waals surface area contributed by atoms with Crippen LogP contribution in [-0.2, 0) is 11.8 Å². The first-order chi connectivity index (χ1) is 10.2. The van der Waals surface area contributed by atoms with Gasteiger partial charge in [0.1, 0.15) is 5.75 Å². The van der Waals surface area contributed by atoms with Gasteiger partial charge in [-0.15, -0.1) is 0 Å². The van der Waals surface area contributed by atoms with E-state index in [2.05, 4.69) is 40.7 Å².